The molecule has 5 nitrogen and oxygen atoms in total. The third kappa shape index (κ3) is 3.18. The largest absolute Gasteiger partial charge is 0.324 e. The number of amides is 2. The lowest BCUT2D eigenvalue weighted by Gasteiger charge is -2.08. The zero-order valence-corrected chi connectivity index (χ0v) is 9.32. The molecule has 2 N–H and O–H groups in total. The van der Waals surface area contributed by atoms with Crippen molar-refractivity contribution in [2.24, 2.45) is 0 Å². The van der Waals surface area contributed by atoms with Crippen molar-refractivity contribution in [3.05, 3.63) is 48.2 Å². The van der Waals surface area contributed by atoms with E-state index in [-0.39, 0.29) is 5.82 Å². The van der Waals surface area contributed by atoms with Crippen LogP contribution >= 0.6 is 0 Å². The topological polar surface area (TPSA) is 66.9 Å². The van der Waals surface area contributed by atoms with Crippen LogP contribution in [0.2, 0.25) is 0 Å². The lowest BCUT2D eigenvalue weighted by atomic mass is 10.3. The Labute approximate surface area is 105 Å². The Bertz CT molecular complexity index is 606. The molecule has 0 aliphatic heterocycles. The first-order chi connectivity index (χ1) is 9.06. The highest BCUT2D eigenvalue weighted by Gasteiger charge is 2.12. The van der Waals surface area contributed by atoms with Gasteiger partial charge in [-0.3, -0.25) is 5.32 Å². The highest BCUT2D eigenvalue weighted by molar-refractivity contribution is 5.99. The molecular formula is C11H7F3N4O. The number of hydrogen-bond donors (Lipinski definition) is 2. The number of nitrogens with zero attached hydrogens (tertiary/aromatic N) is 2. The Morgan fingerprint density at radius 3 is 2.47 bits per heavy atom. The average Bonchev–Trinajstić information content (AvgIpc) is 2.37. The Kier molecular flexibility index (Phi) is 3.60. The minimum Gasteiger partial charge on any atom is -0.305 e. The second kappa shape index (κ2) is 5.34. The lowest BCUT2D eigenvalue weighted by Crippen LogP contribution is -2.21. The summed E-state index contributed by atoms with van der Waals surface area (Å²) in [5.41, 5.74) is -0.481. The highest BCUT2D eigenvalue weighted by atomic mass is 19.2. The number of benzene rings is 1. The van der Waals surface area contributed by atoms with Crippen molar-refractivity contribution >= 4 is 17.5 Å². The SMILES string of the molecule is O=C(Nc1ccncn1)Nc1cc(F)c(F)cc1F. The number of anilines is 2. The zero-order chi connectivity index (χ0) is 13.8. The first-order valence-corrected chi connectivity index (χ1v) is 5.05. The Hall–Kier alpha value is -2.64. The quantitative estimate of drug-likeness (QED) is 0.822. The molecule has 0 atom stereocenters. The molecule has 0 spiro atoms. The van der Waals surface area contributed by atoms with Crippen LogP contribution in [0.3, 0.4) is 0 Å². The molecule has 0 radical (unpaired) electrons. The van der Waals surface area contributed by atoms with Gasteiger partial charge < -0.3 is 5.32 Å². The first kappa shape index (κ1) is 12.8. The molecule has 1 heterocycles. The second-order valence-corrected chi connectivity index (χ2v) is 3.42. The van der Waals surface area contributed by atoms with Crippen LogP contribution in [0.5, 0.6) is 0 Å². The van der Waals surface area contributed by atoms with Gasteiger partial charge in [-0.2, -0.15) is 0 Å². The van der Waals surface area contributed by atoms with Gasteiger partial charge in [0.1, 0.15) is 18.0 Å². The maximum atomic E-state index is 13.3. The van der Waals surface area contributed by atoms with Crippen molar-refractivity contribution in [2.75, 3.05) is 10.6 Å². The van der Waals surface area contributed by atoms with Crippen LogP contribution in [0.15, 0.2) is 30.7 Å². The Morgan fingerprint density at radius 1 is 1.05 bits per heavy atom. The fourth-order valence-electron chi connectivity index (χ4n) is 1.25. The van der Waals surface area contributed by atoms with E-state index in [1.807, 2.05) is 5.32 Å². The molecular weight excluding hydrogens is 261 g/mol. The zero-order valence-electron chi connectivity index (χ0n) is 9.32. The van der Waals surface area contributed by atoms with Gasteiger partial charge in [0, 0.05) is 18.3 Å². The van der Waals surface area contributed by atoms with Gasteiger partial charge in [-0.05, 0) is 6.07 Å². The number of carbonyl (C=O) groups excluding carboxylic acids is 1. The van der Waals surface area contributed by atoms with Gasteiger partial charge in [0.25, 0.3) is 0 Å². The van der Waals surface area contributed by atoms with E-state index in [0.29, 0.717) is 12.1 Å². The van der Waals surface area contributed by atoms with Gasteiger partial charge in [0.2, 0.25) is 0 Å². The Morgan fingerprint density at radius 2 is 1.79 bits per heavy atom. The van der Waals surface area contributed by atoms with Gasteiger partial charge in [-0.1, -0.05) is 0 Å². The van der Waals surface area contributed by atoms with E-state index < -0.39 is 29.2 Å². The molecule has 98 valence electrons. The van der Waals surface area contributed by atoms with Crippen LogP contribution in [0.25, 0.3) is 0 Å². The smallest absolute Gasteiger partial charge is 0.305 e. The normalized spacial score (nSPS) is 10.1. The summed E-state index contributed by atoms with van der Waals surface area (Å²) in [6.07, 6.45) is 2.59. The molecule has 1 aromatic carbocycles. The first-order valence-electron chi connectivity index (χ1n) is 5.05. The number of halogens is 3. The van der Waals surface area contributed by atoms with Crippen molar-refractivity contribution < 1.29 is 18.0 Å². The van der Waals surface area contributed by atoms with Crippen LogP contribution in [-0.4, -0.2) is 16.0 Å². The van der Waals surface area contributed by atoms with Crippen molar-refractivity contribution in [2.45, 2.75) is 0 Å². The maximum Gasteiger partial charge on any atom is 0.324 e. The standard InChI is InChI=1S/C11H7F3N4O/c12-6-3-8(14)9(4-7(6)13)17-11(19)18-10-1-2-15-5-16-10/h1-5H,(H2,15,16,17,18,19). The van der Waals surface area contributed by atoms with E-state index in [0.717, 1.165) is 0 Å². The van der Waals surface area contributed by atoms with Gasteiger partial charge in [0.15, 0.2) is 11.6 Å². The molecule has 2 rings (SSSR count). The third-order valence-electron chi connectivity index (χ3n) is 2.08. The van der Waals surface area contributed by atoms with E-state index >= 15 is 0 Å². The van der Waals surface area contributed by atoms with E-state index in [4.69, 9.17) is 0 Å². The molecule has 0 saturated carbocycles. The molecule has 2 aromatic rings. The minimum absolute atomic E-state index is 0.176. The molecule has 8 heteroatoms. The van der Waals surface area contributed by atoms with Gasteiger partial charge in [-0.25, -0.2) is 27.9 Å². The van der Waals surface area contributed by atoms with E-state index in [1.54, 1.807) is 0 Å². The summed E-state index contributed by atoms with van der Waals surface area (Å²) in [4.78, 5) is 18.8. The fraction of sp³-hybridized carbons (Fsp3) is 0. The average molecular weight is 268 g/mol. The predicted octanol–water partition coefficient (Wildman–Crippen LogP) is 2.54. The van der Waals surface area contributed by atoms with Crippen LogP contribution < -0.4 is 10.6 Å². The number of urea groups is 1. The van der Waals surface area contributed by atoms with Crippen LogP contribution in [0.1, 0.15) is 0 Å². The second-order valence-electron chi connectivity index (χ2n) is 3.42. The number of nitrogens with one attached hydrogen (secondary N) is 2. The van der Waals surface area contributed by atoms with Crippen LogP contribution in [-0.2, 0) is 0 Å². The summed E-state index contributed by atoms with van der Waals surface area (Å²) in [6, 6.07) is 1.45. The Balaban J connectivity index is 2.09. The number of carbonyl (C=O) groups is 1. The fourth-order valence-corrected chi connectivity index (χ4v) is 1.25. The van der Waals surface area contributed by atoms with Gasteiger partial charge >= 0.3 is 6.03 Å². The maximum absolute atomic E-state index is 13.3. The monoisotopic (exact) mass is 268 g/mol. The summed E-state index contributed by atoms with van der Waals surface area (Å²) in [6.45, 7) is 0. The highest BCUT2D eigenvalue weighted by Crippen LogP contribution is 2.18. The van der Waals surface area contributed by atoms with Crippen molar-refractivity contribution in [3.63, 3.8) is 0 Å². The molecule has 1 aromatic heterocycles. The van der Waals surface area contributed by atoms with E-state index in [9.17, 15) is 18.0 Å². The number of aromatic nitrogens is 2. The predicted molar refractivity (Wildman–Crippen MR) is 61.0 cm³/mol. The van der Waals surface area contributed by atoms with Crippen LogP contribution in [0.4, 0.5) is 29.5 Å². The summed E-state index contributed by atoms with van der Waals surface area (Å²) in [7, 11) is 0. The third-order valence-corrected chi connectivity index (χ3v) is 2.08. The molecule has 0 fully saturated rings. The summed E-state index contributed by atoms with van der Waals surface area (Å²) in [5.74, 6) is -3.51. The molecule has 0 saturated heterocycles. The summed E-state index contributed by atoms with van der Waals surface area (Å²) < 4.78 is 38.8. The minimum atomic E-state index is -1.33. The van der Waals surface area contributed by atoms with E-state index in [1.165, 1.54) is 18.6 Å². The van der Waals surface area contributed by atoms with Crippen molar-refractivity contribution in [1.29, 1.82) is 0 Å². The number of rotatable bonds is 2. The number of hydrogen-bond acceptors (Lipinski definition) is 3. The molecule has 0 bridgehead atoms. The van der Waals surface area contributed by atoms with Gasteiger partial charge in [-0.15, -0.1) is 0 Å². The van der Waals surface area contributed by atoms with Crippen molar-refractivity contribution in [1.82, 2.24) is 9.97 Å². The van der Waals surface area contributed by atoms with Crippen molar-refractivity contribution in [3.8, 4) is 0 Å². The lowest BCUT2D eigenvalue weighted by molar-refractivity contribution is 0.262. The molecule has 0 aliphatic rings. The summed E-state index contributed by atoms with van der Waals surface area (Å²) >= 11 is 0. The molecule has 0 unspecified atom stereocenters. The molecule has 19 heavy (non-hydrogen) atoms. The summed E-state index contributed by atoms with van der Waals surface area (Å²) in [5, 5.41) is 4.30. The van der Waals surface area contributed by atoms with Crippen LogP contribution in [0, 0.1) is 17.5 Å². The van der Waals surface area contributed by atoms with E-state index in [2.05, 4.69) is 15.3 Å². The van der Waals surface area contributed by atoms with Gasteiger partial charge in [0.05, 0.1) is 5.69 Å². The molecule has 2 amide bonds. The molecule has 0 aliphatic carbocycles.